The van der Waals surface area contributed by atoms with Crippen LogP contribution in [0.2, 0.25) is 0 Å². The largest absolute Gasteiger partial charge is 0.0622 e. The van der Waals surface area contributed by atoms with Crippen molar-refractivity contribution in [3.8, 4) is 0 Å². The lowest BCUT2D eigenvalue weighted by Crippen LogP contribution is -2.02. The summed E-state index contributed by atoms with van der Waals surface area (Å²) in [7, 11) is 0. The second-order valence-corrected chi connectivity index (χ2v) is 6.37. The number of aryl methyl sites for hydroxylation is 1. The molecule has 3 rings (SSSR count). The van der Waals surface area contributed by atoms with Crippen molar-refractivity contribution in [2.24, 2.45) is 0 Å². The van der Waals surface area contributed by atoms with E-state index in [9.17, 15) is 0 Å². The molecule has 0 heteroatoms. The maximum Gasteiger partial charge on any atom is -0.00201 e. The van der Waals surface area contributed by atoms with Crippen LogP contribution in [0.5, 0.6) is 0 Å². The molecular weight excluding hydrogens is 288 g/mol. The van der Waals surface area contributed by atoms with Gasteiger partial charge in [0.15, 0.2) is 0 Å². The molecule has 0 aliphatic carbocycles. The standard InChI is InChI=1S/C24H26/c1-3-20-15-10-16-23(24(20)4-2)18-22-14-9-8-13-21(22)17-19-11-6-5-7-12-19/h5-16H,3-4,17-18H2,1-2H3. The van der Waals surface area contributed by atoms with E-state index in [1.807, 2.05) is 0 Å². The van der Waals surface area contributed by atoms with Crippen molar-refractivity contribution in [3.05, 3.63) is 106 Å². The summed E-state index contributed by atoms with van der Waals surface area (Å²) in [5, 5.41) is 0. The SMILES string of the molecule is CCc1cccc(Cc2ccccc2Cc2ccccc2)c1CC. The van der Waals surface area contributed by atoms with Gasteiger partial charge in [0, 0.05) is 0 Å². The average molecular weight is 314 g/mol. The second kappa shape index (κ2) is 7.97. The van der Waals surface area contributed by atoms with Crippen LogP contribution in [0.1, 0.15) is 47.2 Å². The molecule has 0 atom stereocenters. The van der Waals surface area contributed by atoms with E-state index >= 15 is 0 Å². The highest BCUT2D eigenvalue weighted by Gasteiger charge is 2.09. The van der Waals surface area contributed by atoms with Gasteiger partial charge in [-0.05, 0) is 59.1 Å². The topological polar surface area (TPSA) is 0 Å². The molecule has 0 amide bonds. The minimum absolute atomic E-state index is 1.01. The molecule has 0 spiro atoms. The van der Waals surface area contributed by atoms with Gasteiger partial charge in [0.2, 0.25) is 0 Å². The Morgan fingerprint density at radius 2 is 1.08 bits per heavy atom. The Labute approximate surface area is 146 Å². The van der Waals surface area contributed by atoms with Gasteiger partial charge in [-0.15, -0.1) is 0 Å². The Kier molecular flexibility index (Phi) is 5.48. The molecule has 0 N–H and O–H groups in total. The Morgan fingerprint density at radius 3 is 1.75 bits per heavy atom. The van der Waals surface area contributed by atoms with Gasteiger partial charge >= 0.3 is 0 Å². The Hall–Kier alpha value is -2.34. The first-order valence-corrected chi connectivity index (χ1v) is 9.02. The van der Waals surface area contributed by atoms with E-state index in [2.05, 4.69) is 86.6 Å². The van der Waals surface area contributed by atoms with Crippen molar-refractivity contribution < 1.29 is 0 Å². The lowest BCUT2D eigenvalue weighted by Gasteiger charge is -2.15. The minimum Gasteiger partial charge on any atom is -0.0622 e. The lowest BCUT2D eigenvalue weighted by molar-refractivity contribution is 0.985. The summed E-state index contributed by atoms with van der Waals surface area (Å²) in [5.74, 6) is 0. The first-order valence-electron chi connectivity index (χ1n) is 9.02. The molecule has 0 aromatic heterocycles. The van der Waals surface area contributed by atoms with Crippen LogP contribution in [-0.4, -0.2) is 0 Å². The summed E-state index contributed by atoms with van der Waals surface area (Å²) in [5.41, 5.74) is 8.78. The summed E-state index contributed by atoms with van der Waals surface area (Å²) < 4.78 is 0. The molecule has 0 saturated carbocycles. The molecular formula is C24H26. The fraction of sp³-hybridized carbons (Fsp3) is 0.250. The van der Waals surface area contributed by atoms with Crippen molar-refractivity contribution in [3.63, 3.8) is 0 Å². The highest BCUT2D eigenvalue weighted by atomic mass is 14.1. The van der Waals surface area contributed by atoms with Crippen LogP contribution in [0, 0.1) is 0 Å². The smallest absolute Gasteiger partial charge is 0.00201 e. The number of benzene rings is 3. The molecule has 3 aromatic rings. The predicted molar refractivity (Wildman–Crippen MR) is 104 cm³/mol. The summed E-state index contributed by atoms with van der Waals surface area (Å²) in [6, 6.07) is 26.4. The quantitative estimate of drug-likeness (QED) is 0.524. The Balaban J connectivity index is 1.91. The van der Waals surface area contributed by atoms with Crippen molar-refractivity contribution in [1.29, 1.82) is 0 Å². The van der Waals surface area contributed by atoms with Crippen LogP contribution >= 0.6 is 0 Å². The molecule has 0 aliphatic rings. The van der Waals surface area contributed by atoms with E-state index < -0.39 is 0 Å². The van der Waals surface area contributed by atoms with Crippen LogP contribution in [0.25, 0.3) is 0 Å². The molecule has 122 valence electrons. The molecule has 0 radical (unpaired) electrons. The van der Waals surface area contributed by atoms with Crippen LogP contribution in [0.3, 0.4) is 0 Å². The minimum atomic E-state index is 1.01. The maximum absolute atomic E-state index is 2.30. The molecule has 24 heavy (non-hydrogen) atoms. The summed E-state index contributed by atoms with van der Waals surface area (Å²) in [4.78, 5) is 0. The van der Waals surface area contributed by atoms with Crippen LogP contribution in [0.15, 0.2) is 72.8 Å². The van der Waals surface area contributed by atoms with Gasteiger partial charge in [-0.3, -0.25) is 0 Å². The zero-order chi connectivity index (χ0) is 16.8. The van der Waals surface area contributed by atoms with Gasteiger partial charge in [-0.2, -0.15) is 0 Å². The molecule has 0 saturated heterocycles. The molecule has 0 heterocycles. The fourth-order valence-corrected chi connectivity index (χ4v) is 3.56. The zero-order valence-electron chi connectivity index (χ0n) is 14.8. The molecule has 0 aliphatic heterocycles. The molecule has 0 fully saturated rings. The number of rotatable bonds is 6. The molecule has 0 bridgehead atoms. The Bertz CT molecular complexity index is 784. The van der Waals surface area contributed by atoms with Crippen molar-refractivity contribution in [2.75, 3.05) is 0 Å². The zero-order valence-corrected chi connectivity index (χ0v) is 14.8. The highest BCUT2D eigenvalue weighted by molar-refractivity contribution is 5.41. The third kappa shape index (κ3) is 3.76. The third-order valence-electron chi connectivity index (χ3n) is 4.84. The van der Waals surface area contributed by atoms with Gasteiger partial charge in [-0.25, -0.2) is 0 Å². The van der Waals surface area contributed by atoms with E-state index in [4.69, 9.17) is 0 Å². The third-order valence-corrected chi connectivity index (χ3v) is 4.84. The van der Waals surface area contributed by atoms with Gasteiger partial charge in [0.05, 0.1) is 0 Å². The van der Waals surface area contributed by atoms with Gasteiger partial charge < -0.3 is 0 Å². The second-order valence-electron chi connectivity index (χ2n) is 6.37. The van der Waals surface area contributed by atoms with Crippen molar-refractivity contribution in [1.82, 2.24) is 0 Å². The lowest BCUT2D eigenvalue weighted by atomic mass is 9.90. The van der Waals surface area contributed by atoms with Gasteiger partial charge in [0.1, 0.15) is 0 Å². The summed E-state index contributed by atoms with van der Waals surface area (Å²) in [6.07, 6.45) is 4.26. The Morgan fingerprint density at radius 1 is 0.500 bits per heavy atom. The molecule has 0 unspecified atom stereocenters. The highest BCUT2D eigenvalue weighted by Crippen LogP contribution is 2.23. The van der Waals surface area contributed by atoms with E-state index in [1.165, 1.54) is 33.4 Å². The van der Waals surface area contributed by atoms with E-state index in [1.54, 1.807) is 0 Å². The number of hydrogen-bond donors (Lipinski definition) is 0. The summed E-state index contributed by atoms with van der Waals surface area (Å²) >= 11 is 0. The summed E-state index contributed by atoms with van der Waals surface area (Å²) in [6.45, 7) is 4.52. The normalized spacial score (nSPS) is 10.8. The van der Waals surface area contributed by atoms with Crippen LogP contribution in [-0.2, 0) is 25.7 Å². The van der Waals surface area contributed by atoms with Gasteiger partial charge in [0.25, 0.3) is 0 Å². The monoisotopic (exact) mass is 314 g/mol. The number of hydrogen-bond acceptors (Lipinski definition) is 0. The first-order chi connectivity index (χ1) is 11.8. The van der Waals surface area contributed by atoms with Gasteiger partial charge in [-0.1, -0.05) is 86.6 Å². The molecule has 3 aromatic carbocycles. The first kappa shape index (κ1) is 16.5. The van der Waals surface area contributed by atoms with Crippen LogP contribution < -0.4 is 0 Å². The van der Waals surface area contributed by atoms with Crippen molar-refractivity contribution in [2.45, 2.75) is 39.5 Å². The maximum atomic E-state index is 2.30. The van der Waals surface area contributed by atoms with E-state index in [-0.39, 0.29) is 0 Å². The predicted octanol–water partition coefficient (Wildman–Crippen LogP) is 5.99. The average Bonchev–Trinajstić information content (AvgIpc) is 2.64. The van der Waals surface area contributed by atoms with Crippen molar-refractivity contribution >= 4 is 0 Å². The van der Waals surface area contributed by atoms with E-state index in [0.29, 0.717) is 0 Å². The van der Waals surface area contributed by atoms with Crippen LogP contribution in [0.4, 0.5) is 0 Å². The molecule has 0 nitrogen and oxygen atoms in total. The van der Waals surface area contributed by atoms with E-state index in [0.717, 1.165) is 25.7 Å². The fourth-order valence-electron chi connectivity index (χ4n) is 3.56.